The fourth-order valence-corrected chi connectivity index (χ4v) is 4.33. The van der Waals surface area contributed by atoms with Gasteiger partial charge in [0.1, 0.15) is 5.60 Å². The number of ether oxygens (including phenoxy) is 1. The molecule has 0 aliphatic carbocycles. The summed E-state index contributed by atoms with van der Waals surface area (Å²) in [5.74, 6) is 0.634. The van der Waals surface area contributed by atoms with Crippen molar-refractivity contribution < 1.29 is 9.53 Å². The van der Waals surface area contributed by atoms with Crippen molar-refractivity contribution in [3.8, 4) is 11.3 Å². The Morgan fingerprint density at radius 2 is 2.00 bits per heavy atom. The van der Waals surface area contributed by atoms with Crippen LogP contribution < -0.4 is 5.32 Å². The zero-order valence-corrected chi connectivity index (χ0v) is 19.0. The predicted molar refractivity (Wildman–Crippen MR) is 123 cm³/mol. The van der Waals surface area contributed by atoms with E-state index >= 15 is 0 Å². The van der Waals surface area contributed by atoms with Crippen molar-refractivity contribution in [2.45, 2.75) is 64.9 Å². The Labute approximate surface area is 185 Å². The van der Waals surface area contributed by atoms with Gasteiger partial charge in [0.2, 0.25) is 0 Å². The van der Waals surface area contributed by atoms with Gasteiger partial charge in [-0.2, -0.15) is 0 Å². The zero-order valence-electron chi connectivity index (χ0n) is 19.0. The molecule has 6 heteroatoms. The quantitative estimate of drug-likeness (QED) is 0.744. The highest BCUT2D eigenvalue weighted by Gasteiger charge is 2.26. The van der Waals surface area contributed by atoms with Crippen LogP contribution >= 0.6 is 0 Å². The molecule has 6 nitrogen and oxygen atoms in total. The summed E-state index contributed by atoms with van der Waals surface area (Å²) in [5.41, 5.74) is 5.27. The highest BCUT2D eigenvalue weighted by molar-refractivity contribution is 5.68. The van der Waals surface area contributed by atoms with E-state index < -0.39 is 5.60 Å². The lowest BCUT2D eigenvalue weighted by atomic mass is 9.91. The van der Waals surface area contributed by atoms with Gasteiger partial charge in [0.25, 0.3) is 0 Å². The third kappa shape index (κ3) is 5.75. The normalized spacial score (nSPS) is 17.1. The number of carbonyl (C=O) groups is 1. The first-order chi connectivity index (χ1) is 14.9. The second-order valence-corrected chi connectivity index (χ2v) is 9.74. The number of carbonyl (C=O) groups excluding carboxylic acids is 1. The topological polar surface area (TPSA) is 67.3 Å². The van der Waals surface area contributed by atoms with Crippen LogP contribution in [0.2, 0.25) is 0 Å². The Morgan fingerprint density at radius 1 is 1.19 bits per heavy atom. The number of likely N-dealkylation sites (tertiary alicyclic amines) is 1. The van der Waals surface area contributed by atoms with Gasteiger partial charge in [-0.25, -0.2) is 4.79 Å². The highest BCUT2D eigenvalue weighted by atomic mass is 16.6. The number of nitrogens with one attached hydrogen (secondary N) is 1. The number of anilines is 1. The summed E-state index contributed by atoms with van der Waals surface area (Å²) in [6.45, 7) is 8.33. The SMILES string of the molecule is CC(C)(C)OC(=O)N1CCC(CCc2ccc(-c3cc4c(cn3)NCCC4)cn2)CC1. The molecule has 4 heterocycles. The first-order valence-electron chi connectivity index (χ1n) is 11.5. The van der Waals surface area contributed by atoms with E-state index in [9.17, 15) is 4.79 Å². The Kier molecular flexibility index (Phi) is 6.44. The summed E-state index contributed by atoms with van der Waals surface area (Å²) >= 11 is 0. The van der Waals surface area contributed by atoms with Gasteiger partial charge in [0.05, 0.1) is 17.6 Å². The first kappa shape index (κ1) is 21.6. The second-order valence-electron chi connectivity index (χ2n) is 9.74. The summed E-state index contributed by atoms with van der Waals surface area (Å²) in [7, 11) is 0. The number of nitrogens with zero attached hydrogens (tertiary/aromatic N) is 3. The summed E-state index contributed by atoms with van der Waals surface area (Å²) < 4.78 is 5.49. The van der Waals surface area contributed by atoms with Crippen LogP contribution in [-0.4, -0.2) is 46.2 Å². The maximum Gasteiger partial charge on any atom is 0.410 e. The molecule has 0 saturated carbocycles. The number of fused-ring (bicyclic) bond motifs is 1. The molecular formula is C25H34N4O2. The minimum Gasteiger partial charge on any atom is -0.444 e. The Morgan fingerprint density at radius 3 is 2.71 bits per heavy atom. The molecule has 166 valence electrons. The van der Waals surface area contributed by atoms with Gasteiger partial charge in [-0.05, 0) is 89.0 Å². The fourth-order valence-electron chi connectivity index (χ4n) is 4.33. The van der Waals surface area contributed by atoms with E-state index in [2.05, 4.69) is 28.5 Å². The third-order valence-corrected chi connectivity index (χ3v) is 6.12. The molecule has 0 unspecified atom stereocenters. The maximum absolute atomic E-state index is 12.2. The van der Waals surface area contributed by atoms with E-state index in [1.54, 1.807) is 0 Å². The summed E-state index contributed by atoms with van der Waals surface area (Å²) in [6.07, 6.45) is 10.1. The molecule has 1 N–H and O–H groups in total. The van der Waals surface area contributed by atoms with E-state index in [-0.39, 0.29) is 6.09 Å². The van der Waals surface area contributed by atoms with Crippen molar-refractivity contribution in [2.24, 2.45) is 5.92 Å². The number of piperidine rings is 1. The molecule has 1 saturated heterocycles. The lowest BCUT2D eigenvalue weighted by Crippen LogP contribution is -2.41. The van der Waals surface area contributed by atoms with Crippen molar-refractivity contribution in [2.75, 3.05) is 25.0 Å². The number of amides is 1. The minimum atomic E-state index is -0.433. The van der Waals surface area contributed by atoms with Crippen LogP contribution in [0, 0.1) is 5.92 Å². The summed E-state index contributed by atoms with van der Waals surface area (Å²) in [5, 5.41) is 3.41. The van der Waals surface area contributed by atoms with Gasteiger partial charge >= 0.3 is 6.09 Å². The first-order valence-corrected chi connectivity index (χ1v) is 11.5. The number of rotatable bonds is 4. The maximum atomic E-state index is 12.2. The van der Waals surface area contributed by atoms with Crippen molar-refractivity contribution >= 4 is 11.8 Å². The number of aryl methyl sites for hydroxylation is 2. The van der Waals surface area contributed by atoms with E-state index in [0.29, 0.717) is 5.92 Å². The van der Waals surface area contributed by atoms with Crippen LogP contribution in [-0.2, 0) is 17.6 Å². The molecule has 2 aromatic rings. The van der Waals surface area contributed by atoms with Crippen LogP contribution in [0.25, 0.3) is 11.3 Å². The summed E-state index contributed by atoms with van der Waals surface area (Å²) in [6, 6.07) is 6.46. The van der Waals surface area contributed by atoms with Crippen LogP contribution in [0.1, 0.15) is 57.7 Å². The van der Waals surface area contributed by atoms with Crippen LogP contribution in [0.3, 0.4) is 0 Å². The van der Waals surface area contributed by atoms with Crippen molar-refractivity contribution in [1.29, 1.82) is 0 Å². The molecule has 2 aromatic heterocycles. The molecule has 0 atom stereocenters. The zero-order chi connectivity index (χ0) is 21.8. The van der Waals surface area contributed by atoms with Crippen LogP contribution in [0.5, 0.6) is 0 Å². The van der Waals surface area contributed by atoms with Crippen LogP contribution in [0.4, 0.5) is 10.5 Å². The second kappa shape index (κ2) is 9.25. The molecule has 2 aliphatic rings. The molecule has 1 fully saturated rings. The average Bonchev–Trinajstić information content (AvgIpc) is 2.77. The molecule has 31 heavy (non-hydrogen) atoms. The predicted octanol–water partition coefficient (Wildman–Crippen LogP) is 5.08. The van der Waals surface area contributed by atoms with Crippen LogP contribution in [0.15, 0.2) is 30.6 Å². The molecule has 0 spiro atoms. The van der Waals surface area contributed by atoms with Gasteiger partial charge in [-0.1, -0.05) is 0 Å². The van der Waals surface area contributed by atoms with Gasteiger partial charge in [0, 0.05) is 37.1 Å². The highest BCUT2D eigenvalue weighted by Crippen LogP contribution is 2.27. The molecule has 4 rings (SSSR count). The van der Waals surface area contributed by atoms with E-state index in [0.717, 1.165) is 74.4 Å². The van der Waals surface area contributed by atoms with Gasteiger partial charge in [-0.15, -0.1) is 0 Å². The monoisotopic (exact) mass is 422 g/mol. The van der Waals surface area contributed by atoms with Crippen molar-refractivity contribution in [3.05, 3.63) is 41.9 Å². The molecular weight excluding hydrogens is 388 g/mol. The number of hydrogen-bond donors (Lipinski definition) is 1. The number of hydrogen-bond acceptors (Lipinski definition) is 5. The fraction of sp³-hybridized carbons (Fsp3) is 0.560. The van der Waals surface area contributed by atoms with E-state index in [4.69, 9.17) is 9.72 Å². The molecule has 0 radical (unpaired) electrons. The van der Waals surface area contributed by atoms with Gasteiger partial charge in [0.15, 0.2) is 0 Å². The summed E-state index contributed by atoms with van der Waals surface area (Å²) in [4.78, 5) is 23.4. The number of pyridine rings is 2. The average molecular weight is 423 g/mol. The Bertz CT molecular complexity index is 897. The Hall–Kier alpha value is -2.63. The molecule has 2 aliphatic heterocycles. The molecule has 1 amide bonds. The van der Waals surface area contributed by atoms with E-state index in [1.165, 1.54) is 12.0 Å². The minimum absolute atomic E-state index is 0.185. The van der Waals surface area contributed by atoms with Crippen molar-refractivity contribution in [3.63, 3.8) is 0 Å². The van der Waals surface area contributed by atoms with Gasteiger partial charge < -0.3 is 15.0 Å². The van der Waals surface area contributed by atoms with E-state index in [1.807, 2.05) is 38.1 Å². The lowest BCUT2D eigenvalue weighted by Gasteiger charge is -2.33. The Balaban J connectivity index is 1.26. The largest absolute Gasteiger partial charge is 0.444 e. The molecule has 0 aromatic carbocycles. The lowest BCUT2D eigenvalue weighted by molar-refractivity contribution is 0.0181. The third-order valence-electron chi connectivity index (χ3n) is 6.12. The van der Waals surface area contributed by atoms with Gasteiger partial charge in [-0.3, -0.25) is 9.97 Å². The molecule has 0 bridgehead atoms. The smallest absolute Gasteiger partial charge is 0.410 e. The van der Waals surface area contributed by atoms with Crippen molar-refractivity contribution in [1.82, 2.24) is 14.9 Å². The standard InChI is InChI=1S/C25H34N4O2/c1-25(2,3)31-24(30)29-13-10-18(11-14-29)6-8-21-9-7-20(16-27-21)22-15-19-5-4-12-26-23(19)17-28-22/h7,9,15-18,26H,4-6,8,10-14H2,1-3H3. The number of aromatic nitrogens is 2.